The lowest BCUT2D eigenvalue weighted by Gasteiger charge is -2.14. The Kier molecular flexibility index (Phi) is 17.4. The van der Waals surface area contributed by atoms with Crippen molar-refractivity contribution in [3.8, 4) is 0 Å². The smallest absolute Gasteiger partial charge is 0.326 e. The van der Waals surface area contributed by atoms with Gasteiger partial charge in [-0.3, -0.25) is 24.2 Å². The van der Waals surface area contributed by atoms with Crippen LogP contribution in [-0.2, 0) is 16.1 Å². The molecule has 16 N–H and O–H groups in total. The van der Waals surface area contributed by atoms with Crippen molar-refractivity contribution in [1.82, 2.24) is 30.2 Å². The molecule has 2 amide bonds. The molecule has 51 heavy (non-hydrogen) atoms. The number of aliphatic carboxylic acids is 2. The summed E-state index contributed by atoms with van der Waals surface area (Å²) >= 11 is 0. The Morgan fingerprint density at radius 1 is 0.922 bits per heavy atom. The Morgan fingerprint density at radius 3 is 2.20 bits per heavy atom. The fourth-order valence-electron chi connectivity index (χ4n) is 4.12. The second-order valence-electron chi connectivity index (χ2n) is 10.6. The summed E-state index contributed by atoms with van der Waals surface area (Å²) in [5, 5.41) is 23.0. The largest absolute Gasteiger partial charge is 0.481 e. The van der Waals surface area contributed by atoms with E-state index < -0.39 is 35.4 Å². The van der Waals surface area contributed by atoms with Crippen LogP contribution in [0.4, 0.5) is 17.5 Å². The fraction of sp³-hybridized carbons (Fsp3) is 0.323. The number of anilines is 3. The lowest BCUT2D eigenvalue weighted by atomic mass is 10.1. The van der Waals surface area contributed by atoms with Crippen LogP contribution in [0, 0.1) is 0 Å². The molecule has 4 aromatic rings. The molecule has 0 bridgehead atoms. The molecular weight excluding hydrogens is 666 g/mol. The summed E-state index contributed by atoms with van der Waals surface area (Å²) in [6.07, 6.45) is 6.39. The minimum absolute atomic E-state index is 0.0305. The van der Waals surface area contributed by atoms with Crippen LogP contribution in [0.3, 0.4) is 0 Å². The molecule has 0 aliphatic rings. The minimum Gasteiger partial charge on any atom is -0.481 e. The lowest BCUT2D eigenvalue weighted by Crippen LogP contribution is -2.40. The third-order valence-electron chi connectivity index (χ3n) is 6.71. The monoisotopic (exact) mass is 709 g/mol. The number of nitrogens with one attached hydrogen (secondary N) is 4. The summed E-state index contributed by atoms with van der Waals surface area (Å²) in [6, 6.07) is 8.72. The van der Waals surface area contributed by atoms with Crippen molar-refractivity contribution in [3.05, 3.63) is 76.0 Å². The third kappa shape index (κ3) is 14.4. The van der Waals surface area contributed by atoms with E-state index in [-0.39, 0.29) is 35.6 Å². The molecule has 274 valence electrons. The fourth-order valence-corrected chi connectivity index (χ4v) is 4.12. The van der Waals surface area contributed by atoms with Crippen LogP contribution in [0.15, 0.2) is 53.6 Å². The number of H-pyrrole nitrogens is 1. The topological polar surface area (TPSA) is 359 Å². The number of fused-ring (bicyclic) bond motifs is 1. The summed E-state index contributed by atoms with van der Waals surface area (Å²) in [4.78, 5) is 74.6. The van der Waals surface area contributed by atoms with Crippen LogP contribution in [0.25, 0.3) is 11.2 Å². The number of nitrogens with zero attached hydrogens (tertiary/aromatic N) is 4. The molecule has 0 saturated carbocycles. The van der Waals surface area contributed by atoms with Crippen molar-refractivity contribution < 1.29 is 29.4 Å². The molecule has 0 unspecified atom stereocenters. The molecule has 0 fully saturated rings. The van der Waals surface area contributed by atoms with Crippen molar-refractivity contribution in [2.45, 2.75) is 51.1 Å². The molecule has 1 atom stereocenters. The van der Waals surface area contributed by atoms with Gasteiger partial charge in [-0.15, -0.1) is 0 Å². The number of carbonyl (C=O) groups excluding carboxylic acids is 2. The van der Waals surface area contributed by atoms with Crippen molar-refractivity contribution in [2.24, 2.45) is 23.0 Å². The maximum absolute atomic E-state index is 12.4. The van der Waals surface area contributed by atoms with Crippen LogP contribution >= 0.6 is 0 Å². The summed E-state index contributed by atoms with van der Waals surface area (Å²) in [7, 11) is 0. The number of rotatable bonds is 16. The number of benzene rings is 1. The number of carboxylic acids is 2. The highest BCUT2D eigenvalue weighted by Crippen LogP contribution is 2.13. The maximum atomic E-state index is 12.4. The number of unbranched alkanes of at least 4 members (excludes halogenated alkanes) is 2. The summed E-state index contributed by atoms with van der Waals surface area (Å²) in [6.45, 7) is 1.34. The Balaban J connectivity index is 0.000000386. The molecule has 0 spiro atoms. The summed E-state index contributed by atoms with van der Waals surface area (Å²) < 4.78 is 0. The zero-order valence-corrected chi connectivity index (χ0v) is 27.7. The molecule has 20 heteroatoms. The zero-order valence-electron chi connectivity index (χ0n) is 27.7. The van der Waals surface area contributed by atoms with E-state index in [0.29, 0.717) is 61.5 Å². The molecule has 3 aromatic heterocycles. The van der Waals surface area contributed by atoms with Gasteiger partial charge in [0.1, 0.15) is 6.04 Å². The van der Waals surface area contributed by atoms with Gasteiger partial charge in [0.05, 0.1) is 24.0 Å². The summed E-state index contributed by atoms with van der Waals surface area (Å²) in [5.41, 5.74) is 24.9. The molecule has 3 heterocycles. The average Bonchev–Trinajstić information content (AvgIpc) is 3.11. The molecule has 0 aliphatic heterocycles. The molecule has 1 aromatic carbocycles. The van der Waals surface area contributed by atoms with Gasteiger partial charge in [-0.05, 0) is 81.6 Å². The number of carbonyl (C=O) groups is 4. The first-order chi connectivity index (χ1) is 24.4. The number of primary amides is 1. The Bertz CT molecular complexity index is 1800. The molecule has 0 saturated heterocycles. The highest BCUT2D eigenvalue weighted by Gasteiger charge is 2.20. The second-order valence-corrected chi connectivity index (χ2v) is 10.6. The maximum Gasteiger partial charge on any atom is 0.326 e. The van der Waals surface area contributed by atoms with Gasteiger partial charge in [0.15, 0.2) is 17.0 Å². The van der Waals surface area contributed by atoms with Crippen LogP contribution in [0.1, 0.15) is 64.9 Å². The standard InChI is InChI=1S/C20H24N8O4.C6H8N4O.C5H11NO2/c21-8-2-1-3-14(19(31)32)26-17(29)11-4-6-12(7-5-11)23-9-13-10-24-16-15(25-13)18(30)28-20(22)27-16;7-5(11)4-2-1-3-9-6(4)10-8;6-4-2-1-3-5(7)8/h4-7,10,14,23H,1-3,8-9,21H2,(H,26,29)(H,31,32)(H3,22,24,27,28,30);1-3H,8H2,(H2,7,11)(H,9,10);1-4,6H2,(H,7,8)/t14-;;/m0../s1. The number of hydrazine groups is 1. The van der Waals surface area contributed by atoms with E-state index in [0.717, 1.165) is 6.42 Å². The van der Waals surface area contributed by atoms with Crippen LogP contribution in [-0.4, -0.2) is 78.0 Å². The van der Waals surface area contributed by atoms with E-state index in [2.05, 4.69) is 41.0 Å². The predicted octanol–water partition coefficient (Wildman–Crippen LogP) is -0.114. The number of hydrogen-bond donors (Lipinski definition) is 11. The molecule has 0 aliphatic carbocycles. The minimum atomic E-state index is -1.08. The van der Waals surface area contributed by atoms with Crippen molar-refractivity contribution in [3.63, 3.8) is 0 Å². The van der Waals surface area contributed by atoms with Crippen molar-refractivity contribution in [1.29, 1.82) is 0 Å². The van der Waals surface area contributed by atoms with Crippen molar-refractivity contribution in [2.75, 3.05) is 29.6 Å². The number of nitrogens with two attached hydrogens (primary N) is 5. The summed E-state index contributed by atoms with van der Waals surface area (Å²) in [5.74, 6) is 2.49. The van der Waals surface area contributed by atoms with Gasteiger partial charge < -0.3 is 49.2 Å². The Hall–Kier alpha value is -6.25. The Morgan fingerprint density at radius 2 is 1.61 bits per heavy atom. The number of hydrogen-bond acceptors (Lipinski definition) is 15. The number of nitrogen functional groups attached to an aromatic ring is 2. The number of amides is 2. The lowest BCUT2D eigenvalue weighted by molar-refractivity contribution is -0.139. The highest BCUT2D eigenvalue weighted by molar-refractivity contribution is 5.97. The molecular formula is C31H43N13O7. The van der Waals surface area contributed by atoms with Gasteiger partial charge >= 0.3 is 11.9 Å². The zero-order chi connectivity index (χ0) is 37.8. The number of pyridine rings is 1. The molecule has 20 nitrogen and oxygen atoms in total. The van der Waals surface area contributed by atoms with Gasteiger partial charge in [0, 0.05) is 23.9 Å². The quantitative estimate of drug-likeness (QED) is 0.0410. The normalized spacial score (nSPS) is 10.8. The van der Waals surface area contributed by atoms with Gasteiger partial charge in [-0.1, -0.05) is 0 Å². The van der Waals surface area contributed by atoms with Crippen LogP contribution in [0.5, 0.6) is 0 Å². The number of aromatic nitrogens is 5. The van der Waals surface area contributed by atoms with Crippen LogP contribution in [0.2, 0.25) is 0 Å². The highest BCUT2D eigenvalue weighted by atomic mass is 16.4. The number of carboxylic acid groups (broad SMARTS) is 2. The van der Waals surface area contributed by atoms with Crippen LogP contribution < -0.4 is 50.4 Å². The second kappa shape index (κ2) is 21.7. The van der Waals surface area contributed by atoms with E-state index in [1.54, 1.807) is 36.4 Å². The van der Waals surface area contributed by atoms with E-state index >= 15 is 0 Å². The first-order valence-corrected chi connectivity index (χ1v) is 15.6. The van der Waals surface area contributed by atoms with Gasteiger partial charge in [0.25, 0.3) is 17.4 Å². The van der Waals surface area contributed by atoms with Gasteiger partial charge in [-0.2, -0.15) is 4.98 Å². The van der Waals surface area contributed by atoms with Crippen molar-refractivity contribution >= 4 is 52.4 Å². The first kappa shape index (κ1) is 40.9. The SMILES string of the molecule is NCCCCC(=O)O.NCCCC[C@H](NC(=O)c1ccc(NCc2cnc3nc(N)[nH]c(=O)c3n2)cc1)C(=O)O.NNc1ncccc1C(N)=O. The van der Waals surface area contributed by atoms with E-state index in [1.165, 1.54) is 12.4 Å². The van der Waals surface area contributed by atoms with Gasteiger partial charge in [-0.25, -0.2) is 25.6 Å². The molecule has 4 rings (SSSR count). The van der Waals surface area contributed by atoms with E-state index in [9.17, 15) is 29.1 Å². The predicted molar refractivity (Wildman–Crippen MR) is 189 cm³/mol. The molecule has 0 radical (unpaired) electrons. The number of aromatic amines is 1. The third-order valence-corrected chi connectivity index (χ3v) is 6.71. The first-order valence-electron chi connectivity index (χ1n) is 15.6. The van der Waals surface area contributed by atoms with E-state index in [4.69, 9.17) is 33.9 Å². The Labute approximate surface area is 291 Å². The average molecular weight is 710 g/mol. The van der Waals surface area contributed by atoms with E-state index in [1.807, 2.05) is 0 Å². The van der Waals surface area contributed by atoms with Gasteiger partial charge in [0.2, 0.25) is 5.95 Å².